The van der Waals surface area contributed by atoms with Crippen molar-refractivity contribution in [1.82, 2.24) is 0 Å². The Kier molecular flexibility index (Phi) is 3.71. The minimum Gasteiger partial charge on any atom is -0.426 e. The molecule has 0 radical (unpaired) electrons. The van der Waals surface area contributed by atoms with E-state index in [0.29, 0.717) is 17.3 Å². The summed E-state index contributed by atoms with van der Waals surface area (Å²) in [6.07, 6.45) is -3.92. The van der Waals surface area contributed by atoms with Crippen LogP contribution in [-0.2, 0) is 22.1 Å². The number of alkyl halides is 4. The molecule has 1 aromatic rings. The van der Waals surface area contributed by atoms with Crippen LogP contribution in [0, 0.1) is 0 Å². The number of ether oxygens (including phenoxy) is 1. The predicted octanol–water partition coefficient (Wildman–Crippen LogP) is 3.93. The molecule has 0 spiro atoms. The van der Waals surface area contributed by atoms with E-state index in [9.17, 15) is 18.0 Å². The minimum atomic E-state index is -4.41. The van der Waals surface area contributed by atoms with Gasteiger partial charge in [-0.15, -0.1) is 0 Å². The van der Waals surface area contributed by atoms with Gasteiger partial charge in [-0.05, 0) is 29.7 Å². The van der Waals surface area contributed by atoms with Crippen LogP contribution in [-0.4, -0.2) is 11.3 Å². The van der Waals surface area contributed by atoms with E-state index in [4.69, 9.17) is 4.74 Å². The van der Waals surface area contributed by atoms with Crippen LogP contribution in [0.15, 0.2) is 23.8 Å². The number of carbonyl (C=O) groups is 1. The lowest BCUT2D eigenvalue weighted by molar-refractivity contribution is -0.137. The van der Waals surface area contributed by atoms with Crippen molar-refractivity contribution in [3.63, 3.8) is 0 Å². The number of halogens is 4. The molecule has 0 heterocycles. The van der Waals surface area contributed by atoms with Gasteiger partial charge >= 0.3 is 12.1 Å². The van der Waals surface area contributed by atoms with Crippen LogP contribution in [0.25, 0.3) is 5.76 Å². The molecule has 1 aliphatic carbocycles. The first kappa shape index (κ1) is 14.1. The molecular formula is C13H10BrF3O2. The smallest absolute Gasteiger partial charge is 0.416 e. The highest BCUT2D eigenvalue weighted by Crippen LogP contribution is 2.38. The summed E-state index contributed by atoms with van der Waals surface area (Å²) in [4.78, 5) is 11.1. The molecule has 1 aromatic carbocycles. The fourth-order valence-corrected chi connectivity index (χ4v) is 2.45. The summed E-state index contributed by atoms with van der Waals surface area (Å²) < 4.78 is 43.1. The highest BCUT2D eigenvalue weighted by atomic mass is 79.9. The van der Waals surface area contributed by atoms with Gasteiger partial charge in [-0.1, -0.05) is 22.0 Å². The monoisotopic (exact) mass is 334 g/mol. The molecule has 0 atom stereocenters. The molecule has 2 rings (SSSR count). The quantitative estimate of drug-likeness (QED) is 0.605. The highest BCUT2D eigenvalue weighted by Gasteiger charge is 2.33. The molecule has 102 valence electrons. The molecular weight excluding hydrogens is 325 g/mol. The lowest BCUT2D eigenvalue weighted by Crippen LogP contribution is -2.06. The maximum atomic E-state index is 12.7. The van der Waals surface area contributed by atoms with Gasteiger partial charge in [0, 0.05) is 17.8 Å². The maximum Gasteiger partial charge on any atom is 0.416 e. The van der Waals surface area contributed by atoms with Crippen LogP contribution in [0.1, 0.15) is 23.6 Å². The lowest BCUT2D eigenvalue weighted by Gasteiger charge is -2.10. The van der Waals surface area contributed by atoms with Gasteiger partial charge in [0.25, 0.3) is 0 Å². The minimum absolute atomic E-state index is 0.241. The van der Waals surface area contributed by atoms with E-state index in [0.717, 1.165) is 23.3 Å². The predicted molar refractivity (Wildman–Crippen MR) is 67.6 cm³/mol. The summed E-state index contributed by atoms with van der Waals surface area (Å²) >= 11 is 3.25. The number of carbonyl (C=O) groups excluding carboxylic acids is 1. The van der Waals surface area contributed by atoms with Crippen LogP contribution in [0.5, 0.6) is 0 Å². The van der Waals surface area contributed by atoms with E-state index in [1.165, 1.54) is 13.0 Å². The van der Waals surface area contributed by atoms with Crippen LogP contribution in [0.2, 0.25) is 0 Å². The van der Waals surface area contributed by atoms with Gasteiger partial charge in [0.2, 0.25) is 0 Å². The number of benzene rings is 1. The third kappa shape index (κ3) is 2.83. The number of rotatable bonds is 2. The molecule has 0 bridgehead atoms. The zero-order chi connectivity index (χ0) is 14.2. The van der Waals surface area contributed by atoms with Gasteiger partial charge in [-0.2, -0.15) is 13.2 Å². The van der Waals surface area contributed by atoms with E-state index in [-0.39, 0.29) is 5.76 Å². The number of esters is 1. The molecule has 0 saturated heterocycles. The van der Waals surface area contributed by atoms with Gasteiger partial charge in [-0.3, -0.25) is 4.79 Å². The van der Waals surface area contributed by atoms with Crippen molar-refractivity contribution in [2.24, 2.45) is 0 Å². The van der Waals surface area contributed by atoms with Crippen LogP contribution >= 0.6 is 15.9 Å². The van der Waals surface area contributed by atoms with Crippen molar-refractivity contribution < 1.29 is 22.7 Å². The fraction of sp³-hybridized carbons (Fsp3) is 0.308. The summed E-state index contributed by atoms with van der Waals surface area (Å²) in [5, 5.41) is 0.450. The molecule has 0 aliphatic heterocycles. The van der Waals surface area contributed by atoms with Crippen LogP contribution in [0.4, 0.5) is 13.2 Å². The van der Waals surface area contributed by atoms with Crippen LogP contribution < -0.4 is 0 Å². The Morgan fingerprint density at radius 3 is 2.63 bits per heavy atom. The Morgan fingerprint density at radius 1 is 1.42 bits per heavy atom. The Bertz CT molecular complexity index is 561. The Labute approximate surface area is 116 Å². The summed E-state index contributed by atoms with van der Waals surface area (Å²) in [7, 11) is 0. The SMILES string of the molecule is CC(=O)OC1=C(CBr)Cc2ccc(C(F)(F)F)cc21. The van der Waals surface area contributed by atoms with Crippen molar-refractivity contribution >= 4 is 27.7 Å². The number of fused-ring (bicyclic) bond motifs is 1. The van der Waals surface area contributed by atoms with Gasteiger partial charge < -0.3 is 4.74 Å². The average molecular weight is 335 g/mol. The van der Waals surface area contributed by atoms with Gasteiger partial charge in [0.05, 0.1) is 5.56 Å². The van der Waals surface area contributed by atoms with Crippen molar-refractivity contribution in [2.45, 2.75) is 19.5 Å². The molecule has 1 aliphatic rings. The normalized spacial score (nSPS) is 14.6. The first-order valence-corrected chi connectivity index (χ1v) is 6.62. The molecule has 2 nitrogen and oxygen atoms in total. The summed E-state index contributed by atoms with van der Waals surface area (Å²) in [5.74, 6) is -0.302. The molecule has 19 heavy (non-hydrogen) atoms. The molecule has 0 saturated carbocycles. The van der Waals surface area contributed by atoms with Gasteiger partial charge in [-0.25, -0.2) is 0 Å². The molecule has 0 unspecified atom stereocenters. The lowest BCUT2D eigenvalue weighted by atomic mass is 10.1. The summed E-state index contributed by atoms with van der Waals surface area (Å²) in [6, 6.07) is 3.50. The second-order valence-electron chi connectivity index (χ2n) is 4.21. The number of hydrogen-bond acceptors (Lipinski definition) is 2. The second kappa shape index (κ2) is 5.00. The average Bonchev–Trinajstić information content (AvgIpc) is 2.65. The van der Waals surface area contributed by atoms with Crippen molar-refractivity contribution in [2.75, 3.05) is 5.33 Å². The van der Waals surface area contributed by atoms with Crippen molar-refractivity contribution in [3.05, 3.63) is 40.5 Å². The van der Waals surface area contributed by atoms with Crippen molar-refractivity contribution in [3.8, 4) is 0 Å². The topological polar surface area (TPSA) is 26.3 Å². The van der Waals surface area contributed by atoms with E-state index in [1.54, 1.807) is 0 Å². The van der Waals surface area contributed by atoms with Gasteiger partial charge in [0.1, 0.15) is 5.76 Å². The Morgan fingerprint density at radius 2 is 2.11 bits per heavy atom. The zero-order valence-corrected chi connectivity index (χ0v) is 11.6. The molecule has 0 amide bonds. The third-order valence-electron chi connectivity index (χ3n) is 2.81. The first-order valence-electron chi connectivity index (χ1n) is 5.50. The van der Waals surface area contributed by atoms with E-state index >= 15 is 0 Å². The highest BCUT2D eigenvalue weighted by molar-refractivity contribution is 9.09. The first-order chi connectivity index (χ1) is 8.82. The third-order valence-corrected chi connectivity index (χ3v) is 3.49. The van der Waals surface area contributed by atoms with E-state index < -0.39 is 17.7 Å². The maximum absolute atomic E-state index is 12.7. The van der Waals surface area contributed by atoms with Crippen molar-refractivity contribution in [1.29, 1.82) is 0 Å². The fourth-order valence-electron chi connectivity index (χ4n) is 2.00. The summed E-state index contributed by atoms with van der Waals surface area (Å²) in [6.45, 7) is 1.23. The van der Waals surface area contributed by atoms with Crippen LogP contribution in [0.3, 0.4) is 0 Å². The Balaban J connectivity index is 2.49. The standard InChI is InChI=1S/C13H10BrF3O2/c1-7(18)19-12-9(6-14)4-8-2-3-10(5-11(8)12)13(15,16)17/h2-3,5H,4,6H2,1H3. The molecule has 0 N–H and O–H groups in total. The van der Waals surface area contributed by atoms with E-state index in [2.05, 4.69) is 15.9 Å². The molecule has 0 fully saturated rings. The number of allylic oxidation sites excluding steroid dienone is 1. The number of hydrogen-bond donors (Lipinski definition) is 0. The second-order valence-corrected chi connectivity index (χ2v) is 4.77. The van der Waals surface area contributed by atoms with E-state index in [1.807, 2.05) is 0 Å². The largest absolute Gasteiger partial charge is 0.426 e. The van der Waals surface area contributed by atoms with Gasteiger partial charge in [0.15, 0.2) is 0 Å². The summed E-state index contributed by atoms with van der Waals surface area (Å²) in [5.41, 5.74) is 1.11. The zero-order valence-electron chi connectivity index (χ0n) is 9.97. The molecule has 6 heteroatoms. The Hall–Kier alpha value is -1.30. The molecule has 0 aromatic heterocycles.